The average molecular weight is 341 g/mol. The largest absolute Gasteiger partial charge is 0.345 e. The van der Waals surface area contributed by atoms with E-state index in [1.165, 1.54) is 0 Å². The molecule has 0 aliphatic heterocycles. The Kier molecular flexibility index (Phi) is 10.4. The Bertz CT molecular complexity index is 372. The first-order valence-electron chi connectivity index (χ1n) is 7.08. The summed E-state index contributed by atoms with van der Waals surface area (Å²) in [4.78, 5) is 0. The third-order valence-corrected chi connectivity index (χ3v) is 8.63. The van der Waals surface area contributed by atoms with E-state index in [0.717, 1.165) is 0 Å². The Hall–Kier alpha value is -0.210. The second-order valence-corrected chi connectivity index (χ2v) is 8.77. The quantitative estimate of drug-likeness (QED) is 0.492. The molecule has 0 fully saturated rings. The molecule has 0 aliphatic carbocycles. The minimum Gasteiger partial charge on any atom is -0.308 e. The Labute approximate surface area is 127 Å². The minimum atomic E-state index is -3.70. The SMILES string of the molecule is CCOP(=O)(OCC)C(CCC#N)P(=O)(OCC)OCC. The summed E-state index contributed by atoms with van der Waals surface area (Å²) in [5.74, 6) is 0. The molecule has 0 saturated carbocycles. The fourth-order valence-corrected chi connectivity index (χ4v) is 7.17. The topological polar surface area (TPSA) is 94.9 Å². The molecule has 0 bridgehead atoms. The third-order valence-electron chi connectivity index (χ3n) is 2.48. The molecule has 0 aliphatic rings. The van der Waals surface area contributed by atoms with Crippen molar-refractivity contribution in [1.82, 2.24) is 0 Å². The number of hydrogen-bond acceptors (Lipinski definition) is 7. The first-order chi connectivity index (χ1) is 9.94. The molecule has 0 radical (unpaired) electrons. The van der Waals surface area contributed by atoms with Crippen molar-refractivity contribution >= 4 is 15.2 Å². The molecule has 7 nitrogen and oxygen atoms in total. The average Bonchev–Trinajstić information content (AvgIpc) is 2.40. The van der Waals surface area contributed by atoms with Crippen LogP contribution in [0.5, 0.6) is 0 Å². The fourth-order valence-electron chi connectivity index (χ4n) is 1.82. The maximum absolute atomic E-state index is 12.9. The van der Waals surface area contributed by atoms with Gasteiger partial charge < -0.3 is 18.1 Å². The van der Waals surface area contributed by atoms with Gasteiger partial charge in [-0.2, -0.15) is 5.26 Å². The highest BCUT2D eigenvalue weighted by atomic mass is 31.2. The highest BCUT2D eigenvalue weighted by Crippen LogP contribution is 2.71. The highest BCUT2D eigenvalue weighted by molar-refractivity contribution is 7.72. The summed E-state index contributed by atoms with van der Waals surface area (Å²) in [6, 6.07) is 1.95. The van der Waals surface area contributed by atoms with Crippen LogP contribution in [0, 0.1) is 11.3 Å². The second kappa shape index (κ2) is 10.5. The zero-order valence-electron chi connectivity index (χ0n) is 13.1. The maximum atomic E-state index is 12.9. The molecule has 0 amide bonds. The van der Waals surface area contributed by atoms with Crippen molar-refractivity contribution in [2.75, 3.05) is 26.4 Å². The van der Waals surface area contributed by atoms with Crippen LogP contribution in [0.15, 0.2) is 0 Å². The van der Waals surface area contributed by atoms with Crippen LogP contribution in [0.25, 0.3) is 0 Å². The van der Waals surface area contributed by atoms with E-state index in [9.17, 15) is 9.13 Å². The molecule has 124 valence electrons. The van der Waals surface area contributed by atoms with Crippen LogP contribution in [0.1, 0.15) is 40.5 Å². The van der Waals surface area contributed by atoms with Gasteiger partial charge in [-0.25, -0.2) is 0 Å². The van der Waals surface area contributed by atoms with Crippen molar-refractivity contribution in [3.8, 4) is 6.07 Å². The van der Waals surface area contributed by atoms with E-state index in [0.29, 0.717) is 0 Å². The summed E-state index contributed by atoms with van der Waals surface area (Å²) in [5.41, 5.74) is 0. The summed E-state index contributed by atoms with van der Waals surface area (Å²) < 4.78 is 46.9. The molecule has 0 aromatic rings. The van der Waals surface area contributed by atoms with E-state index in [-0.39, 0.29) is 39.3 Å². The van der Waals surface area contributed by atoms with Gasteiger partial charge in [0.15, 0.2) is 5.40 Å². The van der Waals surface area contributed by atoms with E-state index in [2.05, 4.69) is 0 Å². The molecule has 0 unspecified atom stereocenters. The fraction of sp³-hybridized carbons (Fsp3) is 0.917. The van der Waals surface area contributed by atoms with Crippen LogP contribution in [-0.4, -0.2) is 31.8 Å². The van der Waals surface area contributed by atoms with Crippen LogP contribution in [0.4, 0.5) is 0 Å². The molecule has 0 rings (SSSR count). The third kappa shape index (κ3) is 6.20. The molecule has 0 saturated heterocycles. The van der Waals surface area contributed by atoms with Gasteiger partial charge in [0.25, 0.3) is 0 Å². The lowest BCUT2D eigenvalue weighted by Crippen LogP contribution is -2.17. The molecule has 21 heavy (non-hydrogen) atoms. The van der Waals surface area contributed by atoms with Gasteiger partial charge in [-0.15, -0.1) is 0 Å². The number of nitrogens with zero attached hydrogens (tertiary/aromatic N) is 1. The molecule has 0 spiro atoms. The highest BCUT2D eigenvalue weighted by Gasteiger charge is 2.50. The Morgan fingerprint density at radius 3 is 1.43 bits per heavy atom. The van der Waals surface area contributed by atoms with Crippen molar-refractivity contribution in [3.63, 3.8) is 0 Å². The normalized spacial score (nSPS) is 12.6. The summed E-state index contributed by atoms with van der Waals surface area (Å²) in [7, 11) is -7.41. The van der Waals surface area contributed by atoms with Crippen LogP contribution in [0.2, 0.25) is 0 Å². The summed E-state index contributed by atoms with van der Waals surface area (Å²) in [6.45, 7) is 7.21. The Morgan fingerprint density at radius 1 is 0.857 bits per heavy atom. The van der Waals surface area contributed by atoms with Gasteiger partial charge in [0, 0.05) is 6.42 Å². The second-order valence-electron chi connectivity index (χ2n) is 3.93. The van der Waals surface area contributed by atoms with Crippen molar-refractivity contribution in [2.45, 2.75) is 45.9 Å². The standard InChI is InChI=1S/C12H25NO6P2/c1-5-16-20(14,17-6-2)12(10-9-11-13)21(15,18-7-3)19-8-4/h12H,5-10H2,1-4H3. The van der Waals surface area contributed by atoms with E-state index >= 15 is 0 Å². The van der Waals surface area contributed by atoms with Crippen LogP contribution < -0.4 is 0 Å². The van der Waals surface area contributed by atoms with E-state index < -0.39 is 20.6 Å². The van der Waals surface area contributed by atoms with Gasteiger partial charge in [0.1, 0.15) is 0 Å². The lowest BCUT2D eigenvalue weighted by molar-refractivity contribution is 0.194. The van der Waals surface area contributed by atoms with Gasteiger partial charge in [-0.3, -0.25) is 9.13 Å². The van der Waals surface area contributed by atoms with Crippen LogP contribution in [-0.2, 0) is 27.2 Å². The predicted molar refractivity (Wildman–Crippen MR) is 80.4 cm³/mol. The first-order valence-corrected chi connectivity index (χ1v) is 10.3. The Balaban J connectivity index is 5.63. The number of hydrogen-bond donors (Lipinski definition) is 0. The minimum absolute atomic E-state index is 0.0545. The van der Waals surface area contributed by atoms with Crippen molar-refractivity contribution in [1.29, 1.82) is 5.26 Å². The zero-order chi connectivity index (χ0) is 16.4. The van der Waals surface area contributed by atoms with Gasteiger partial charge in [0.05, 0.1) is 32.5 Å². The zero-order valence-corrected chi connectivity index (χ0v) is 14.9. The molecule has 9 heteroatoms. The molecular formula is C12H25NO6P2. The van der Waals surface area contributed by atoms with Crippen LogP contribution in [0.3, 0.4) is 0 Å². The number of nitriles is 1. The van der Waals surface area contributed by atoms with Crippen molar-refractivity contribution in [2.24, 2.45) is 0 Å². The Morgan fingerprint density at radius 2 is 1.19 bits per heavy atom. The number of rotatable bonds is 12. The summed E-state index contributed by atoms with van der Waals surface area (Å²) in [6.07, 6.45) is 0.115. The lowest BCUT2D eigenvalue weighted by Gasteiger charge is -2.30. The molecule has 0 aromatic heterocycles. The smallest absolute Gasteiger partial charge is 0.308 e. The first kappa shape index (κ1) is 20.8. The summed E-state index contributed by atoms with van der Waals surface area (Å²) >= 11 is 0. The van der Waals surface area contributed by atoms with E-state index in [4.69, 9.17) is 23.4 Å². The molecule has 0 aromatic carbocycles. The predicted octanol–water partition coefficient (Wildman–Crippen LogP) is 4.15. The van der Waals surface area contributed by atoms with Gasteiger partial charge in [-0.1, -0.05) is 0 Å². The van der Waals surface area contributed by atoms with Gasteiger partial charge in [-0.05, 0) is 34.1 Å². The van der Waals surface area contributed by atoms with Gasteiger partial charge in [0.2, 0.25) is 0 Å². The van der Waals surface area contributed by atoms with Crippen molar-refractivity contribution < 1.29 is 27.2 Å². The van der Waals surface area contributed by atoms with Gasteiger partial charge >= 0.3 is 15.2 Å². The lowest BCUT2D eigenvalue weighted by atomic mass is 10.4. The van der Waals surface area contributed by atoms with E-state index in [1.807, 2.05) is 6.07 Å². The maximum Gasteiger partial charge on any atom is 0.345 e. The van der Waals surface area contributed by atoms with Crippen molar-refractivity contribution in [3.05, 3.63) is 0 Å². The molecule has 0 heterocycles. The summed E-state index contributed by atoms with van der Waals surface area (Å²) in [5, 5.41) is 7.68. The molecular weight excluding hydrogens is 316 g/mol. The monoisotopic (exact) mass is 341 g/mol. The molecule has 0 atom stereocenters. The molecule has 0 N–H and O–H groups in total. The van der Waals surface area contributed by atoms with Crippen LogP contribution >= 0.6 is 15.2 Å². The van der Waals surface area contributed by atoms with E-state index in [1.54, 1.807) is 27.7 Å².